The lowest BCUT2D eigenvalue weighted by atomic mass is 10.2. The molecule has 4 nitrogen and oxygen atoms in total. The quantitative estimate of drug-likeness (QED) is 0.910. The number of nitrogens with zero attached hydrogens (tertiary/aromatic N) is 1. The van der Waals surface area contributed by atoms with Gasteiger partial charge in [-0.05, 0) is 25.5 Å². The zero-order valence-electron chi connectivity index (χ0n) is 11.2. The van der Waals surface area contributed by atoms with Crippen LogP contribution in [-0.4, -0.2) is 16.3 Å². The fraction of sp³-hybridized carbons (Fsp3) is 0.286. The average Bonchev–Trinajstić information content (AvgIpc) is 2.82. The van der Waals surface area contributed by atoms with Crippen LogP contribution in [0.25, 0.3) is 0 Å². The summed E-state index contributed by atoms with van der Waals surface area (Å²) < 4.78 is 4.90. The number of aryl methyl sites for hydroxylation is 1. The highest BCUT2D eigenvalue weighted by Crippen LogP contribution is 2.24. The summed E-state index contributed by atoms with van der Waals surface area (Å²) in [4.78, 5) is 12.0. The molecule has 2 rings (SSSR count). The van der Waals surface area contributed by atoms with Gasteiger partial charge in [-0.2, -0.15) is 0 Å². The predicted octanol–water partition coefficient (Wildman–Crippen LogP) is 3.90. The predicted molar refractivity (Wildman–Crippen MR) is 82.1 cm³/mol. The van der Waals surface area contributed by atoms with Crippen LogP contribution in [0.4, 0.5) is 5.82 Å². The van der Waals surface area contributed by atoms with Gasteiger partial charge in [-0.25, -0.2) is 0 Å². The smallest absolute Gasteiger partial charge is 0.238 e. The summed E-state index contributed by atoms with van der Waals surface area (Å²) in [6.45, 7) is 3.63. The number of nitrogens with one attached hydrogen (secondary N) is 1. The molecule has 0 saturated heterocycles. The molecular weight excluding hydrogens is 296 g/mol. The Morgan fingerprint density at radius 1 is 1.50 bits per heavy atom. The fourth-order valence-electron chi connectivity index (χ4n) is 1.56. The molecule has 1 atom stereocenters. The molecule has 20 heavy (non-hydrogen) atoms. The van der Waals surface area contributed by atoms with Crippen LogP contribution in [0.1, 0.15) is 18.2 Å². The molecule has 0 bridgehead atoms. The van der Waals surface area contributed by atoms with E-state index in [9.17, 15) is 4.79 Å². The molecule has 1 aromatic heterocycles. The minimum Gasteiger partial charge on any atom is -0.360 e. The normalized spacial score (nSPS) is 12.2. The molecule has 0 aliphatic carbocycles. The van der Waals surface area contributed by atoms with Crippen LogP contribution in [0.5, 0.6) is 0 Å². The Kier molecular flexibility index (Phi) is 5.09. The van der Waals surface area contributed by atoms with Crippen LogP contribution in [0.3, 0.4) is 0 Å². The molecule has 1 amide bonds. The topological polar surface area (TPSA) is 55.1 Å². The number of halogens is 1. The van der Waals surface area contributed by atoms with Gasteiger partial charge in [0.2, 0.25) is 5.91 Å². The summed E-state index contributed by atoms with van der Waals surface area (Å²) in [5.41, 5.74) is 1.02. The molecular formula is C14H15ClN2O2S. The molecule has 0 spiro atoms. The number of hydrogen-bond donors (Lipinski definition) is 1. The highest BCUT2D eigenvalue weighted by atomic mass is 35.5. The molecule has 0 saturated carbocycles. The van der Waals surface area contributed by atoms with Crippen molar-refractivity contribution in [2.75, 3.05) is 5.32 Å². The Balaban J connectivity index is 1.87. The first-order valence-electron chi connectivity index (χ1n) is 6.15. The van der Waals surface area contributed by atoms with E-state index in [1.807, 2.05) is 31.2 Å². The van der Waals surface area contributed by atoms with Crippen molar-refractivity contribution in [3.63, 3.8) is 0 Å². The second kappa shape index (κ2) is 6.81. The maximum Gasteiger partial charge on any atom is 0.238 e. The summed E-state index contributed by atoms with van der Waals surface area (Å²) in [5, 5.41) is 6.97. The van der Waals surface area contributed by atoms with Crippen molar-refractivity contribution in [2.24, 2.45) is 0 Å². The second-order valence-corrected chi connectivity index (χ2v) is 6.09. The first-order valence-corrected chi connectivity index (χ1v) is 7.58. The van der Waals surface area contributed by atoms with Crippen LogP contribution in [0.2, 0.25) is 5.02 Å². The van der Waals surface area contributed by atoms with Crippen LogP contribution < -0.4 is 5.32 Å². The van der Waals surface area contributed by atoms with Crippen molar-refractivity contribution in [1.82, 2.24) is 5.16 Å². The largest absolute Gasteiger partial charge is 0.360 e. The maximum absolute atomic E-state index is 12.0. The Labute approximate surface area is 126 Å². The maximum atomic E-state index is 12.0. The zero-order valence-corrected chi connectivity index (χ0v) is 12.8. The van der Waals surface area contributed by atoms with Gasteiger partial charge >= 0.3 is 0 Å². The number of carbonyl (C=O) groups is 1. The number of benzene rings is 1. The van der Waals surface area contributed by atoms with Crippen molar-refractivity contribution in [1.29, 1.82) is 0 Å². The second-order valence-electron chi connectivity index (χ2n) is 4.36. The van der Waals surface area contributed by atoms with Crippen molar-refractivity contribution in [3.05, 3.63) is 46.7 Å². The minimum absolute atomic E-state index is 0.102. The van der Waals surface area contributed by atoms with E-state index in [2.05, 4.69) is 10.5 Å². The van der Waals surface area contributed by atoms with Gasteiger partial charge in [0.25, 0.3) is 0 Å². The van der Waals surface area contributed by atoms with Gasteiger partial charge in [-0.3, -0.25) is 4.79 Å². The van der Waals surface area contributed by atoms with Gasteiger partial charge in [-0.1, -0.05) is 35.0 Å². The standard InChI is InChI=1S/C14H15ClN2O2S/c1-9-7-13(17-19-9)16-14(18)10(2)20-8-11-5-3-4-6-12(11)15/h3-7,10H,8H2,1-2H3,(H,16,17,18). The van der Waals surface area contributed by atoms with Crippen LogP contribution in [0, 0.1) is 6.92 Å². The van der Waals surface area contributed by atoms with E-state index in [1.165, 1.54) is 11.8 Å². The fourth-order valence-corrected chi connectivity index (χ4v) is 2.73. The first kappa shape index (κ1) is 14.9. The van der Waals surface area contributed by atoms with E-state index in [1.54, 1.807) is 13.0 Å². The van der Waals surface area contributed by atoms with Gasteiger partial charge in [0.1, 0.15) is 5.76 Å². The first-order chi connectivity index (χ1) is 9.56. The van der Waals surface area contributed by atoms with Gasteiger partial charge in [-0.15, -0.1) is 11.8 Å². The highest BCUT2D eigenvalue weighted by molar-refractivity contribution is 7.99. The number of thioether (sulfide) groups is 1. The zero-order chi connectivity index (χ0) is 14.5. The Hall–Kier alpha value is -1.46. The molecule has 1 aromatic carbocycles. The van der Waals surface area contributed by atoms with E-state index >= 15 is 0 Å². The minimum atomic E-state index is -0.205. The van der Waals surface area contributed by atoms with Gasteiger partial charge in [0.05, 0.1) is 5.25 Å². The van der Waals surface area contributed by atoms with Gasteiger partial charge in [0, 0.05) is 16.8 Å². The number of amides is 1. The summed E-state index contributed by atoms with van der Waals surface area (Å²) in [5.74, 6) is 1.69. The van der Waals surface area contributed by atoms with E-state index in [0.29, 0.717) is 17.3 Å². The molecule has 6 heteroatoms. The monoisotopic (exact) mass is 310 g/mol. The lowest BCUT2D eigenvalue weighted by Gasteiger charge is -2.11. The lowest BCUT2D eigenvalue weighted by molar-refractivity contribution is -0.115. The summed E-state index contributed by atoms with van der Waals surface area (Å²) in [7, 11) is 0. The third-order valence-corrected chi connectivity index (χ3v) is 4.26. The Morgan fingerprint density at radius 2 is 2.25 bits per heavy atom. The molecule has 0 aliphatic heterocycles. The van der Waals surface area contributed by atoms with Crippen molar-refractivity contribution in [3.8, 4) is 0 Å². The van der Waals surface area contributed by atoms with Gasteiger partial charge in [0.15, 0.2) is 5.82 Å². The molecule has 1 unspecified atom stereocenters. The van der Waals surface area contributed by atoms with Crippen molar-refractivity contribution >= 4 is 35.1 Å². The number of carbonyl (C=O) groups excluding carboxylic acids is 1. The molecule has 2 aromatic rings. The highest BCUT2D eigenvalue weighted by Gasteiger charge is 2.15. The van der Waals surface area contributed by atoms with Crippen molar-refractivity contribution in [2.45, 2.75) is 24.9 Å². The Morgan fingerprint density at radius 3 is 2.90 bits per heavy atom. The average molecular weight is 311 g/mol. The summed E-state index contributed by atoms with van der Waals surface area (Å²) >= 11 is 7.61. The van der Waals surface area contributed by atoms with Crippen LogP contribution >= 0.6 is 23.4 Å². The number of rotatable bonds is 5. The SMILES string of the molecule is Cc1cc(NC(=O)C(C)SCc2ccccc2Cl)no1. The van der Waals surface area contributed by atoms with E-state index in [-0.39, 0.29) is 11.2 Å². The molecule has 0 aliphatic rings. The summed E-state index contributed by atoms with van der Waals surface area (Å²) in [6, 6.07) is 9.31. The van der Waals surface area contributed by atoms with E-state index in [4.69, 9.17) is 16.1 Å². The molecule has 1 N–H and O–H groups in total. The van der Waals surface area contributed by atoms with Crippen LogP contribution in [-0.2, 0) is 10.5 Å². The molecule has 1 heterocycles. The number of aromatic nitrogens is 1. The van der Waals surface area contributed by atoms with Crippen molar-refractivity contribution < 1.29 is 9.32 Å². The third-order valence-electron chi connectivity index (χ3n) is 2.70. The Bertz CT molecular complexity index is 600. The molecule has 0 fully saturated rings. The van der Waals surface area contributed by atoms with E-state index < -0.39 is 0 Å². The van der Waals surface area contributed by atoms with Crippen LogP contribution in [0.15, 0.2) is 34.9 Å². The summed E-state index contributed by atoms with van der Waals surface area (Å²) in [6.07, 6.45) is 0. The number of anilines is 1. The van der Waals surface area contributed by atoms with E-state index in [0.717, 1.165) is 10.6 Å². The molecule has 106 valence electrons. The molecule has 0 radical (unpaired) electrons. The third kappa shape index (κ3) is 4.02. The lowest BCUT2D eigenvalue weighted by Crippen LogP contribution is -2.22. The number of hydrogen-bond acceptors (Lipinski definition) is 4. The van der Waals surface area contributed by atoms with Gasteiger partial charge < -0.3 is 9.84 Å².